The van der Waals surface area contributed by atoms with Crippen LogP contribution in [0.3, 0.4) is 0 Å². The van der Waals surface area contributed by atoms with Gasteiger partial charge in [0.15, 0.2) is 11.6 Å². The molecule has 0 spiro atoms. The van der Waals surface area contributed by atoms with Gasteiger partial charge in [-0.3, -0.25) is 15.6 Å². The largest absolute Gasteiger partial charge is 0.393 e. The minimum atomic E-state index is -0.331. The molecule has 0 bridgehead atoms. The molecule has 1 aromatic heterocycles. The predicted octanol–water partition coefficient (Wildman–Crippen LogP) is 3.21. The number of nitrogen functional groups attached to an aromatic ring is 1. The summed E-state index contributed by atoms with van der Waals surface area (Å²) >= 11 is 5.90. The van der Waals surface area contributed by atoms with Crippen LogP contribution in [0.2, 0.25) is 5.02 Å². The number of benzene rings is 1. The molecule has 5 N–H and O–H groups in total. The Hall–Kier alpha value is -2.54. The van der Waals surface area contributed by atoms with Crippen LogP contribution in [0.15, 0.2) is 30.6 Å². The summed E-state index contributed by atoms with van der Waals surface area (Å²) in [6, 6.07) is 7.04. The fraction of sp³-hybridized carbons (Fsp3) is 0.353. The predicted molar refractivity (Wildman–Crippen MR) is 99.5 cm³/mol. The highest BCUT2D eigenvalue weighted by molar-refractivity contribution is 6.30. The molecule has 7 nitrogen and oxygen atoms in total. The maximum atomic E-state index is 12.2. The number of carbonyl (C=O) groups is 1. The van der Waals surface area contributed by atoms with Crippen molar-refractivity contribution in [2.24, 2.45) is 0 Å². The number of hydrazine groups is 1. The number of amides is 1. The zero-order valence-electron chi connectivity index (χ0n) is 13.8. The highest BCUT2D eigenvalue weighted by atomic mass is 35.5. The Kier molecular flexibility index (Phi) is 5.55. The summed E-state index contributed by atoms with van der Waals surface area (Å²) in [5.41, 5.74) is 12.3. The van der Waals surface area contributed by atoms with Crippen molar-refractivity contribution in [3.05, 3.63) is 41.2 Å². The number of nitrogens with two attached hydrogens (primary N) is 1. The molecule has 1 fully saturated rings. The fourth-order valence-corrected chi connectivity index (χ4v) is 3.06. The van der Waals surface area contributed by atoms with Crippen molar-refractivity contribution in [3.63, 3.8) is 0 Å². The first-order chi connectivity index (χ1) is 12.1. The Labute approximate surface area is 151 Å². The number of hydrogen-bond acceptors (Lipinski definition) is 6. The molecule has 1 amide bonds. The summed E-state index contributed by atoms with van der Waals surface area (Å²) in [6.07, 6.45) is 7.33. The Bertz CT molecular complexity index is 748. The van der Waals surface area contributed by atoms with E-state index in [1.165, 1.54) is 25.6 Å². The van der Waals surface area contributed by atoms with Gasteiger partial charge < -0.3 is 11.1 Å². The van der Waals surface area contributed by atoms with Crippen LogP contribution in [0.4, 0.5) is 17.3 Å². The van der Waals surface area contributed by atoms with E-state index in [4.69, 9.17) is 17.3 Å². The second kappa shape index (κ2) is 8.02. The van der Waals surface area contributed by atoms with Crippen LogP contribution in [0.1, 0.15) is 42.5 Å². The van der Waals surface area contributed by atoms with Crippen LogP contribution in [-0.2, 0) is 0 Å². The second-order valence-electron chi connectivity index (χ2n) is 6.05. The summed E-state index contributed by atoms with van der Waals surface area (Å²) in [7, 11) is 0. The first-order valence-electron chi connectivity index (χ1n) is 8.32. The molecule has 0 unspecified atom stereocenters. The first kappa shape index (κ1) is 17.3. The van der Waals surface area contributed by atoms with Gasteiger partial charge in [0.1, 0.15) is 12.0 Å². The third kappa shape index (κ3) is 4.51. The summed E-state index contributed by atoms with van der Waals surface area (Å²) in [6.45, 7) is 0. The molecule has 25 heavy (non-hydrogen) atoms. The lowest BCUT2D eigenvalue weighted by molar-refractivity contribution is 0.0962. The number of carbonyl (C=O) groups excluding carboxylic acids is 1. The van der Waals surface area contributed by atoms with E-state index in [0.29, 0.717) is 34.0 Å². The SMILES string of the molecule is Nc1c(NNC(=O)c2cccc(Cl)c2)ncnc1NC1CCCCC1. The van der Waals surface area contributed by atoms with Gasteiger partial charge in [-0.05, 0) is 31.0 Å². The average molecular weight is 361 g/mol. The van der Waals surface area contributed by atoms with E-state index in [0.717, 1.165) is 12.8 Å². The third-order valence-corrected chi connectivity index (χ3v) is 4.45. The number of aromatic nitrogens is 2. The van der Waals surface area contributed by atoms with Crippen LogP contribution >= 0.6 is 11.6 Å². The molecule has 1 aromatic carbocycles. The molecule has 2 aromatic rings. The van der Waals surface area contributed by atoms with E-state index in [1.54, 1.807) is 24.3 Å². The zero-order valence-corrected chi connectivity index (χ0v) is 14.5. The van der Waals surface area contributed by atoms with Crippen molar-refractivity contribution in [2.75, 3.05) is 16.5 Å². The van der Waals surface area contributed by atoms with Crippen LogP contribution in [0.5, 0.6) is 0 Å². The fourth-order valence-electron chi connectivity index (χ4n) is 2.87. The Morgan fingerprint density at radius 3 is 2.68 bits per heavy atom. The van der Waals surface area contributed by atoms with Gasteiger partial charge in [-0.1, -0.05) is 36.9 Å². The molecule has 3 rings (SSSR count). The van der Waals surface area contributed by atoms with Gasteiger partial charge in [0.05, 0.1) is 0 Å². The lowest BCUT2D eigenvalue weighted by Crippen LogP contribution is -2.30. The van der Waals surface area contributed by atoms with E-state index in [2.05, 4.69) is 26.1 Å². The summed E-state index contributed by atoms with van der Waals surface area (Å²) in [5, 5.41) is 3.86. The molecular weight excluding hydrogens is 340 g/mol. The maximum absolute atomic E-state index is 12.2. The second-order valence-corrected chi connectivity index (χ2v) is 6.49. The van der Waals surface area contributed by atoms with Gasteiger partial charge >= 0.3 is 0 Å². The van der Waals surface area contributed by atoms with Gasteiger partial charge in [-0.15, -0.1) is 0 Å². The van der Waals surface area contributed by atoms with Crippen molar-refractivity contribution in [2.45, 2.75) is 38.1 Å². The van der Waals surface area contributed by atoms with Gasteiger partial charge in [0.25, 0.3) is 5.91 Å². The highest BCUT2D eigenvalue weighted by Gasteiger charge is 2.16. The van der Waals surface area contributed by atoms with Crippen molar-refractivity contribution in [1.82, 2.24) is 15.4 Å². The molecule has 1 saturated carbocycles. The third-order valence-electron chi connectivity index (χ3n) is 4.21. The lowest BCUT2D eigenvalue weighted by Gasteiger charge is -2.24. The zero-order chi connectivity index (χ0) is 17.6. The Morgan fingerprint density at radius 1 is 1.16 bits per heavy atom. The molecule has 1 aliphatic carbocycles. The molecule has 1 aliphatic rings. The Balaban J connectivity index is 1.64. The lowest BCUT2D eigenvalue weighted by atomic mass is 9.95. The normalized spacial score (nSPS) is 14.8. The quantitative estimate of drug-likeness (QED) is 0.610. The molecule has 0 saturated heterocycles. The van der Waals surface area contributed by atoms with E-state index in [9.17, 15) is 4.79 Å². The van der Waals surface area contributed by atoms with Crippen molar-refractivity contribution in [3.8, 4) is 0 Å². The number of halogens is 1. The van der Waals surface area contributed by atoms with Gasteiger partial charge in [0.2, 0.25) is 0 Å². The van der Waals surface area contributed by atoms with Gasteiger partial charge in [0, 0.05) is 16.6 Å². The summed E-state index contributed by atoms with van der Waals surface area (Å²) < 4.78 is 0. The maximum Gasteiger partial charge on any atom is 0.269 e. The smallest absolute Gasteiger partial charge is 0.269 e. The molecule has 0 radical (unpaired) electrons. The number of rotatable bonds is 5. The van der Waals surface area contributed by atoms with E-state index in [-0.39, 0.29) is 5.91 Å². The van der Waals surface area contributed by atoms with Gasteiger partial charge in [-0.25, -0.2) is 9.97 Å². The van der Waals surface area contributed by atoms with Crippen LogP contribution in [-0.4, -0.2) is 21.9 Å². The van der Waals surface area contributed by atoms with Crippen LogP contribution in [0, 0.1) is 0 Å². The topological polar surface area (TPSA) is 105 Å². The first-order valence-corrected chi connectivity index (χ1v) is 8.70. The summed E-state index contributed by atoms with van der Waals surface area (Å²) in [4.78, 5) is 20.5. The van der Waals surface area contributed by atoms with Crippen molar-refractivity contribution < 1.29 is 4.79 Å². The van der Waals surface area contributed by atoms with Crippen molar-refractivity contribution >= 4 is 34.8 Å². The number of anilines is 3. The molecule has 0 aliphatic heterocycles. The molecule has 8 heteroatoms. The minimum absolute atomic E-state index is 0.331. The van der Waals surface area contributed by atoms with Crippen LogP contribution in [0.25, 0.3) is 0 Å². The Morgan fingerprint density at radius 2 is 1.92 bits per heavy atom. The average Bonchev–Trinajstić information content (AvgIpc) is 2.63. The standard InChI is InChI=1S/C17H21ClN6O/c18-12-6-4-5-11(9-12)17(25)24-23-16-14(19)15(20-10-21-16)22-13-7-2-1-3-8-13/h4-6,9-10,13H,1-3,7-8,19H2,(H,24,25)(H2,20,21,22,23). The highest BCUT2D eigenvalue weighted by Crippen LogP contribution is 2.26. The van der Waals surface area contributed by atoms with E-state index < -0.39 is 0 Å². The molecule has 0 atom stereocenters. The summed E-state index contributed by atoms with van der Waals surface area (Å²) in [5.74, 6) is 0.604. The van der Waals surface area contributed by atoms with E-state index >= 15 is 0 Å². The monoisotopic (exact) mass is 360 g/mol. The van der Waals surface area contributed by atoms with Crippen LogP contribution < -0.4 is 21.9 Å². The number of hydrogen-bond donors (Lipinski definition) is 4. The van der Waals surface area contributed by atoms with E-state index in [1.807, 2.05) is 0 Å². The minimum Gasteiger partial charge on any atom is -0.393 e. The molecule has 1 heterocycles. The molecular formula is C17H21ClN6O. The number of nitrogens with zero attached hydrogens (tertiary/aromatic N) is 2. The van der Waals surface area contributed by atoms with Crippen molar-refractivity contribution in [1.29, 1.82) is 0 Å². The van der Waals surface area contributed by atoms with Gasteiger partial charge in [-0.2, -0.15) is 0 Å². The molecule has 132 valence electrons. The number of nitrogens with one attached hydrogen (secondary N) is 3.